The molecule has 0 amide bonds. The van der Waals surface area contributed by atoms with Crippen LogP contribution in [0.25, 0.3) is 0 Å². The van der Waals surface area contributed by atoms with Gasteiger partial charge in [-0.25, -0.2) is 8.78 Å². The van der Waals surface area contributed by atoms with Gasteiger partial charge in [-0.15, -0.1) is 0 Å². The van der Waals surface area contributed by atoms with Gasteiger partial charge >= 0.3 is 0 Å². The maximum absolute atomic E-state index is 13.4. The second kappa shape index (κ2) is 5.78. The number of halogens is 2. The van der Waals surface area contributed by atoms with Crippen molar-refractivity contribution in [2.24, 2.45) is 17.1 Å². The van der Waals surface area contributed by atoms with Crippen LogP contribution in [0.3, 0.4) is 0 Å². The minimum Gasteiger partial charge on any atom is -0.392 e. The highest BCUT2D eigenvalue weighted by Crippen LogP contribution is 2.47. The first-order chi connectivity index (χ1) is 9.35. The highest BCUT2D eigenvalue weighted by Gasteiger charge is 2.41. The Morgan fingerprint density at radius 2 is 1.90 bits per heavy atom. The lowest BCUT2D eigenvalue weighted by atomic mass is 9.73. The van der Waals surface area contributed by atoms with Gasteiger partial charge < -0.3 is 10.8 Å². The Labute approximate surface area is 119 Å². The summed E-state index contributed by atoms with van der Waals surface area (Å²) in [7, 11) is 0. The molecular weight excluding hydrogens is 260 g/mol. The summed E-state index contributed by atoms with van der Waals surface area (Å²) in [4.78, 5) is 0. The summed E-state index contributed by atoms with van der Waals surface area (Å²) in [5.41, 5.74) is 6.24. The zero-order chi connectivity index (χ0) is 14.9. The molecule has 0 saturated heterocycles. The van der Waals surface area contributed by atoms with E-state index >= 15 is 0 Å². The summed E-state index contributed by atoms with van der Waals surface area (Å²) in [6, 6.07) is 3.38. The Hall–Kier alpha value is -1.00. The third-order valence-corrected chi connectivity index (χ3v) is 4.73. The Morgan fingerprint density at radius 1 is 1.30 bits per heavy atom. The van der Waals surface area contributed by atoms with Gasteiger partial charge in [-0.2, -0.15) is 0 Å². The molecule has 0 radical (unpaired) electrons. The van der Waals surface area contributed by atoms with E-state index in [9.17, 15) is 13.9 Å². The van der Waals surface area contributed by atoms with Gasteiger partial charge in [0.05, 0.1) is 6.10 Å². The van der Waals surface area contributed by atoms with Crippen molar-refractivity contribution in [1.29, 1.82) is 0 Å². The summed E-state index contributed by atoms with van der Waals surface area (Å²) in [5, 5.41) is 10.7. The predicted molar refractivity (Wildman–Crippen MR) is 75.3 cm³/mol. The van der Waals surface area contributed by atoms with Gasteiger partial charge in [0.15, 0.2) is 0 Å². The van der Waals surface area contributed by atoms with E-state index in [1.165, 1.54) is 12.1 Å². The van der Waals surface area contributed by atoms with Crippen molar-refractivity contribution in [2.75, 3.05) is 6.54 Å². The van der Waals surface area contributed by atoms with Crippen LogP contribution >= 0.6 is 0 Å². The minimum atomic E-state index is -0.668. The summed E-state index contributed by atoms with van der Waals surface area (Å²) in [6.07, 6.45) is 2.40. The van der Waals surface area contributed by atoms with Crippen molar-refractivity contribution in [3.8, 4) is 0 Å². The second-order valence-corrected chi connectivity index (χ2v) is 6.52. The molecule has 20 heavy (non-hydrogen) atoms. The molecule has 0 aliphatic heterocycles. The standard InChI is InChI=1S/C16H23F2NO/c1-16(2)5-3-4-14(16)15(20)13(9-19)10-6-11(17)8-12(18)7-10/h6-8,13-15,20H,3-5,9,19H2,1-2H3. The van der Waals surface area contributed by atoms with Crippen molar-refractivity contribution >= 4 is 0 Å². The fourth-order valence-corrected chi connectivity index (χ4v) is 3.53. The minimum absolute atomic E-state index is 0.0404. The Bertz CT molecular complexity index is 455. The lowest BCUT2D eigenvalue weighted by molar-refractivity contribution is 0.0345. The average Bonchev–Trinajstić information content (AvgIpc) is 2.68. The molecule has 1 aromatic carbocycles. The average molecular weight is 283 g/mol. The first-order valence-electron chi connectivity index (χ1n) is 7.19. The topological polar surface area (TPSA) is 46.2 Å². The summed E-state index contributed by atoms with van der Waals surface area (Å²) >= 11 is 0. The van der Waals surface area contributed by atoms with Crippen LogP contribution in [0.2, 0.25) is 0 Å². The smallest absolute Gasteiger partial charge is 0.126 e. The maximum atomic E-state index is 13.4. The highest BCUT2D eigenvalue weighted by molar-refractivity contribution is 5.24. The zero-order valence-electron chi connectivity index (χ0n) is 12.1. The van der Waals surface area contributed by atoms with Crippen LogP contribution in [0.4, 0.5) is 8.78 Å². The molecule has 4 heteroatoms. The molecule has 3 atom stereocenters. The molecule has 1 saturated carbocycles. The highest BCUT2D eigenvalue weighted by atomic mass is 19.1. The van der Waals surface area contributed by atoms with Crippen LogP contribution in [0.15, 0.2) is 18.2 Å². The summed E-state index contributed by atoms with van der Waals surface area (Å²) < 4.78 is 26.7. The van der Waals surface area contributed by atoms with Gasteiger partial charge in [-0.3, -0.25) is 0 Å². The Kier molecular flexibility index (Phi) is 4.45. The van der Waals surface area contributed by atoms with Crippen molar-refractivity contribution in [3.63, 3.8) is 0 Å². The number of nitrogens with two attached hydrogens (primary N) is 1. The number of benzene rings is 1. The third kappa shape index (κ3) is 3.01. The third-order valence-electron chi connectivity index (χ3n) is 4.73. The molecular formula is C16H23F2NO. The molecule has 2 nitrogen and oxygen atoms in total. The lowest BCUT2D eigenvalue weighted by Crippen LogP contribution is -2.37. The normalized spacial score (nSPS) is 24.6. The molecule has 1 aliphatic rings. The zero-order valence-corrected chi connectivity index (χ0v) is 12.1. The van der Waals surface area contributed by atoms with E-state index in [1.54, 1.807) is 0 Å². The van der Waals surface area contributed by atoms with Crippen LogP contribution < -0.4 is 5.73 Å². The number of aliphatic hydroxyl groups excluding tert-OH is 1. The van der Waals surface area contributed by atoms with Crippen molar-refractivity contribution < 1.29 is 13.9 Å². The van der Waals surface area contributed by atoms with Gasteiger partial charge in [-0.1, -0.05) is 20.3 Å². The molecule has 0 heterocycles. The van der Waals surface area contributed by atoms with E-state index < -0.39 is 23.7 Å². The van der Waals surface area contributed by atoms with Gasteiger partial charge in [0, 0.05) is 18.5 Å². The Balaban J connectivity index is 2.27. The van der Waals surface area contributed by atoms with Crippen molar-refractivity contribution in [2.45, 2.75) is 45.1 Å². The fourth-order valence-electron chi connectivity index (χ4n) is 3.53. The van der Waals surface area contributed by atoms with E-state index in [1.807, 2.05) is 0 Å². The summed E-state index contributed by atoms with van der Waals surface area (Å²) in [5.74, 6) is -1.57. The SMILES string of the molecule is CC1(C)CCCC1C(O)C(CN)c1cc(F)cc(F)c1. The number of hydrogen-bond donors (Lipinski definition) is 2. The van der Waals surface area contributed by atoms with Crippen molar-refractivity contribution in [1.82, 2.24) is 0 Å². The Morgan fingerprint density at radius 3 is 2.35 bits per heavy atom. The first-order valence-corrected chi connectivity index (χ1v) is 7.19. The molecule has 1 aromatic rings. The van der Waals surface area contributed by atoms with Gasteiger partial charge in [0.2, 0.25) is 0 Å². The predicted octanol–water partition coefficient (Wildman–Crippen LogP) is 3.19. The maximum Gasteiger partial charge on any atom is 0.126 e. The van der Waals surface area contributed by atoms with E-state index in [4.69, 9.17) is 5.73 Å². The van der Waals surface area contributed by atoms with E-state index in [-0.39, 0.29) is 17.9 Å². The van der Waals surface area contributed by atoms with E-state index in [0.717, 1.165) is 25.3 Å². The quantitative estimate of drug-likeness (QED) is 0.891. The van der Waals surface area contributed by atoms with Crippen LogP contribution in [-0.4, -0.2) is 17.8 Å². The van der Waals surface area contributed by atoms with Crippen LogP contribution in [0, 0.1) is 23.0 Å². The largest absolute Gasteiger partial charge is 0.392 e. The monoisotopic (exact) mass is 283 g/mol. The molecule has 3 N–H and O–H groups in total. The molecule has 0 aromatic heterocycles. The van der Waals surface area contributed by atoms with Crippen LogP contribution in [-0.2, 0) is 0 Å². The number of aliphatic hydroxyl groups is 1. The van der Waals surface area contributed by atoms with Crippen molar-refractivity contribution in [3.05, 3.63) is 35.4 Å². The lowest BCUT2D eigenvalue weighted by Gasteiger charge is -2.35. The van der Waals surface area contributed by atoms with E-state index in [2.05, 4.69) is 13.8 Å². The number of hydrogen-bond acceptors (Lipinski definition) is 2. The first kappa shape index (κ1) is 15.4. The van der Waals surface area contributed by atoms with E-state index in [0.29, 0.717) is 5.56 Å². The molecule has 3 unspecified atom stereocenters. The second-order valence-electron chi connectivity index (χ2n) is 6.52. The molecule has 112 valence electrons. The molecule has 1 aliphatic carbocycles. The molecule has 2 rings (SSSR count). The van der Waals surface area contributed by atoms with Crippen LogP contribution in [0.1, 0.15) is 44.6 Å². The number of rotatable bonds is 4. The van der Waals surface area contributed by atoms with Crippen LogP contribution in [0.5, 0.6) is 0 Å². The molecule has 0 bridgehead atoms. The summed E-state index contributed by atoms with van der Waals surface area (Å²) in [6.45, 7) is 4.44. The molecule has 1 fully saturated rings. The van der Waals surface area contributed by atoms with Gasteiger partial charge in [-0.05, 0) is 41.9 Å². The molecule has 0 spiro atoms. The fraction of sp³-hybridized carbons (Fsp3) is 0.625. The van der Waals surface area contributed by atoms with Gasteiger partial charge in [0.1, 0.15) is 11.6 Å². The van der Waals surface area contributed by atoms with Gasteiger partial charge in [0.25, 0.3) is 0 Å².